The van der Waals surface area contributed by atoms with E-state index < -0.39 is 0 Å². The van der Waals surface area contributed by atoms with E-state index in [2.05, 4.69) is 132 Å². The van der Waals surface area contributed by atoms with Crippen molar-refractivity contribution >= 4 is 55.1 Å². The Labute approximate surface area is 2370 Å². The molecule has 9 aromatic carbocycles. The second-order valence-corrected chi connectivity index (χ2v) is 12.4. The fourth-order valence-corrected chi connectivity index (χ4v) is 6.30. The van der Waals surface area contributed by atoms with Gasteiger partial charge in [-0.25, -0.2) is 11.1 Å². The summed E-state index contributed by atoms with van der Waals surface area (Å²) in [6, 6.07) is 78.0. The summed E-state index contributed by atoms with van der Waals surface area (Å²) in [5.74, 6) is 0. The van der Waals surface area contributed by atoms with Gasteiger partial charge in [-0.1, -0.05) is 207 Å². The summed E-state index contributed by atoms with van der Waals surface area (Å²) in [6.07, 6.45) is 0.373. The van der Waals surface area contributed by atoms with Gasteiger partial charge in [-0.05, 0) is 51.4 Å². The van der Waals surface area contributed by atoms with E-state index in [0.29, 0.717) is 6.17 Å². The van der Waals surface area contributed by atoms with Gasteiger partial charge in [0.1, 0.15) is 0 Å². The van der Waals surface area contributed by atoms with Crippen LogP contribution in [0.3, 0.4) is 0 Å². The summed E-state index contributed by atoms with van der Waals surface area (Å²) in [4.78, 5) is 0. The fraction of sp³-hybridized carbons (Fsp3) is 0.273. The number of hydrogen-bond donors (Lipinski definition) is 3. The molecule has 1 heterocycles. The maximum absolute atomic E-state index is 3.29. The Bertz CT molecular complexity index is 2290. The van der Waals surface area contributed by atoms with Crippen LogP contribution in [0.5, 0.6) is 0 Å². The van der Waals surface area contributed by atoms with Crippen molar-refractivity contribution in [3.8, 4) is 11.1 Å². The van der Waals surface area contributed by atoms with Crippen molar-refractivity contribution in [2.24, 2.45) is 0 Å². The quantitative estimate of drug-likeness (QED) is 0.122. The van der Waals surface area contributed by atoms with Crippen LogP contribution in [0, 0.1) is 24.3 Å². The first-order valence-corrected chi connectivity index (χ1v) is 25.8. The van der Waals surface area contributed by atoms with Crippen LogP contribution >= 0.6 is 0 Å². The van der Waals surface area contributed by atoms with Crippen molar-refractivity contribution in [3.05, 3.63) is 218 Å². The number of para-hydroxylation sites is 4. The summed E-state index contributed by atoms with van der Waals surface area (Å²) in [7, 11) is 0. The molecule has 0 spiro atoms. The Hall–Kier alpha value is 61.6. The van der Waals surface area contributed by atoms with E-state index in [1.807, 2.05) is 220 Å². The second-order valence-electron chi connectivity index (χ2n) is 12.4. The van der Waals surface area contributed by atoms with E-state index in [4.69, 9.17) is 0 Å². The molecule has 3 nitrogen and oxygen atoms in total. The molecule has 0 fully saturated rings. The van der Waals surface area contributed by atoms with Crippen LogP contribution in [-0.2, 0) is 2030 Å². The third-order valence-corrected chi connectivity index (χ3v) is 8.72. The second kappa shape index (κ2) is 357. The molecular formula is C66H87N3Y62-4. The van der Waals surface area contributed by atoms with Crippen molar-refractivity contribution in [1.82, 2.24) is 0 Å². The number of anilines is 4. The minimum Gasteiger partial charge on any atom is -0.401 e. The van der Waals surface area contributed by atoms with Gasteiger partial charge in [0, 0.05) is 2030 Å². The molecule has 1 aliphatic heterocycles. The smallest absolute Gasteiger partial charge is 0.0935 e. The summed E-state index contributed by atoms with van der Waals surface area (Å²) < 4.78 is 0. The molecule has 0 bridgehead atoms. The van der Waals surface area contributed by atoms with Gasteiger partial charge in [0.25, 0.3) is 0 Å². The number of benzene rings is 9. The van der Waals surface area contributed by atoms with E-state index in [0.717, 1.165) is 22.5 Å². The minimum absolute atomic E-state index is 0. The molecule has 0 amide bonds. The zero-order valence-corrected chi connectivity index (χ0v) is 257. The van der Waals surface area contributed by atoms with Crippen LogP contribution in [-0.4, -0.2) is 6.17 Å². The monoisotopic (exact) mass is 6430 g/mol. The molecule has 10 rings (SSSR count). The Kier molecular flexibility index (Phi) is 1170. The van der Waals surface area contributed by atoms with E-state index in [-0.39, 0.29) is 2030 Å². The molecular weight excluding hydrogens is 6350 g/mol. The Balaban J connectivity index is -0.00000000612. The molecule has 62 radical (unpaired) electrons. The summed E-state index contributed by atoms with van der Waals surface area (Å²) >= 11 is 0. The molecule has 556 valence electrons. The zero-order valence-electron chi connectivity index (χ0n) is 81.3. The molecule has 3 N–H and O–H groups in total. The largest absolute Gasteiger partial charge is 0.401 e. The van der Waals surface area contributed by atoms with E-state index in [1.54, 1.807) is 0 Å². The third-order valence-electron chi connectivity index (χ3n) is 8.72. The zero-order chi connectivity index (χ0) is 52.1. The van der Waals surface area contributed by atoms with Gasteiger partial charge >= 0.3 is 0 Å². The van der Waals surface area contributed by atoms with Gasteiger partial charge < -0.3 is 16.0 Å². The standard InChI is InChI=1S/C18H12.C12H9N.C12H8.C8H10N2.8C2H6.62Y/c1-2-8-14-13(7-1)15-9-3-4-11-17(15)18-12-6-5-10-16(14)18;1-3-7-11(8-4-1)13-12-9-5-2-6-10-12;1-3-7-11(8-4-1)12-9-5-2-6-10-12;1-6-9-7-4-2-3-5-8(7)10-6;8*1-2;;;;;;;;;;;;;;;;;;;;;;;;;;;;;;;;;;;;;;;;;;;;;;;;;;;;;;;;;;;;;;/h1-12H;1-7,9,13H;1-7,9H;2-6,9-10H,1H3;8*1-2H3;;;;;;;;;;;;;;;;;;;;;;;;;;;;;;;;;;;;;;;;;;;;;;;;;;;;;;;;;;;;;;/q;2*-2;;;;;;;;;;;;;;;;;;;;;;;;;;;;;;;;;;;;;;;;;;;;;;;;;;;;;;;;;;;;;;;;;;;;;;;. The number of nitrogens with one attached hydrogen (secondary N) is 3. The molecule has 1 aliphatic rings. The third kappa shape index (κ3) is 251. The number of rotatable bonds is 3. The average Bonchev–Trinajstić information content (AvgIpc) is 3.87. The van der Waals surface area contributed by atoms with Gasteiger partial charge in [-0.2, -0.15) is 97.1 Å². The van der Waals surface area contributed by atoms with Crippen molar-refractivity contribution in [1.29, 1.82) is 0 Å². The molecule has 0 aliphatic carbocycles. The van der Waals surface area contributed by atoms with Gasteiger partial charge in [-0.3, -0.25) is 0 Å². The van der Waals surface area contributed by atoms with Crippen molar-refractivity contribution in [3.63, 3.8) is 0 Å². The predicted octanol–water partition coefficient (Wildman–Crippen LogP) is 21.1. The number of fused-ring (bicyclic) bond motifs is 7. The van der Waals surface area contributed by atoms with E-state index in [9.17, 15) is 0 Å². The first-order chi connectivity index (χ1) is 34.2. The van der Waals surface area contributed by atoms with Crippen molar-refractivity contribution in [2.45, 2.75) is 124 Å². The fourth-order valence-electron chi connectivity index (χ4n) is 6.30. The van der Waals surface area contributed by atoms with Crippen LogP contribution < -0.4 is 16.0 Å². The summed E-state index contributed by atoms with van der Waals surface area (Å²) in [5, 5.41) is 17.8. The predicted molar refractivity (Wildman–Crippen MR) is 316 cm³/mol. The Morgan fingerprint density at radius 1 is 0.160 bits per heavy atom. The van der Waals surface area contributed by atoms with Crippen LogP contribution in [0.1, 0.15) is 118 Å². The van der Waals surface area contributed by atoms with Crippen LogP contribution in [0.15, 0.2) is 194 Å². The van der Waals surface area contributed by atoms with E-state index in [1.165, 1.54) is 43.7 Å². The first kappa shape index (κ1) is 428. The SMILES string of the molecule is CC.CC.CC.CC.CC.CC.CC.CC.CC1Nc2ccccc2N1.[Y].[Y].[Y].[Y].[Y].[Y].[Y].[Y].[Y].[Y].[Y].[Y].[Y].[Y].[Y].[Y].[Y].[Y].[Y].[Y].[Y].[Y].[Y].[Y].[Y].[Y].[Y].[Y].[Y].[Y].[Y].[Y].[Y].[Y].[Y].[Y].[Y].[Y].[Y].[Y].[Y].[Y].[Y].[Y].[Y].[Y].[Y].[Y].[Y].[Y].[Y].[Y].[Y].[Y].[Y].[Y].[Y].[Y].[Y].[Y].[Y].[Y].[c-]1ccccc1-c1[c-]cccc1.[c-]1ccccc1Nc1[c-]cccc1.c1ccc2c(c1)c1ccccc1c1ccccc21. The molecule has 131 heavy (non-hydrogen) atoms. The number of hydrogen-bond acceptors (Lipinski definition) is 3. The normalized spacial score (nSPS) is 4.95. The van der Waals surface area contributed by atoms with Gasteiger partial charge in [0.2, 0.25) is 0 Å². The maximum Gasteiger partial charge on any atom is 0.0935 e. The molecule has 0 unspecified atom stereocenters. The molecule has 65 heteroatoms. The van der Waals surface area contributed by atoms with Gasteiger partial charge in [0.05, 0.1) is 17.5 Å². The molecule has 0 aromatic heterocycles. The Morgan fingerprint density at radius 2 is 0.282 bits per heavy atom. The van der Waals surface area contributed by atoms with Crippen LogP contribution in [0.25, 0.3) is 43.4 Å². The first-order valence-electron chi connectivity index (χ1n) is 25.8. The topological polar surface area (TPSA) is 36.1 Å². The summed E-state index contributed by atoms with van der Waals surface area (Å²) in [6.45, 7) is 34.1. The van der Waals surface area contributed by atoms with Crippen molar-refractivity contribution < 1.29 is 2030 Å². The maximum atomic E-state index is 3.29. The minimum atomic E-state index is 0. The average molecular weight is 6430 g/mol. The van der Waals surface area contributed by atoms with Gasteiger partial charge in [-0.15, -0.1) is 24.3 Å². The molecule has 0 atom stereocenters. The summed E-state index contributed by atoms with van der Waals surface area (Å²) in [5.41, 5.74) is 6.52. The van der Waals surface area contributed by atoms with E-state index >= 15 is 0 Å². The molecule has 0 saturated heterocycles. The molecule has 9 aromatic rings. The van der Waals surface area contributed by atoms with Crippen LogP contribution in [0.4, 0.5) is 22.7 Å². The van der Waals surface area contributed by atoms with Crippen LogP contribution in [0.2, 0.25) is 0 Å². The van der Waals surface area contributed by atoms with Crippen molar-refractivity contribution in [2.75, 3.05) is 16.0 Å². The molecule has 0 saturated carbocycles. The van der Waals surface area contributed by atoms with Gasteiger partial charge in [0.15, 0.2) is 0 Å². The Morgan fingerprint density at radius 3 is 0.405 bits per heavy atom.